The van der Waals surface area contributed by atoms with Gasteiger partial charge in [-0.25, -0.2) is 0 Å². The lowest BCUT2D eigenvalue weighted by Gasteiger charge is -2.36. The lowest BCUT2D eigenvalue weighted by atomic mass is 10.0. The van der Waals surface area contributed by atoms with E-state index in [4.69, 9.17) is 0 Å². The monoisotopic (exact) mass is 283 g/mol. The summed E-state index contributed by atoms with van der Waals surface area (Å²) in [6, 6.07) is 12.5. The summed E-state index contributed by atoms with van der Waals surface area (Å²) in [7, 11) is 2.25. The summed E-state index contributed by atoms with van der Waals surface area (Å²) in [6.07, 6.45) is 6.22. The van der Waals surface area contributed by atoms with Crippen molar-refractivity contribution in [1.82, 2.24) is 14.4 Å². The molecule has 2 saturated heterocycles. The fourth-order valence-electron chi connectivity index (χ4n) is 4.16. The largest absolute Gasteiger partial charge is 0.344 e. The van der Waals surface area contributed by atoms with Crippen molar-refractivity contribution in [3.63, 3.8) is 0 Å². The quantitative estimate of drug-likeness (QED) is 0.839. The summed E-state index contributed by atoms with van der Waals surface area (Å²) < 4.78 is 2.51. The van der Waals surface area contributed by atoms with Crippen molar-refractivity contribution >= 4 is 10.9 Å². The second kappa shape index (κ2) is 5.47. The number of likely N-dealkylation sites (N-methyl/N-ethyl adjacent to an activating group) is 1. The molecule has 0 saturated carbocycles. The Morgan fingerprint density at radius 1 is 0.905 bits per heavy atom. The number of likely N-dealkylation sites (tertiary alicyclic amines) is 2. The van der Waals surface area contributed by atoms with Gasteiger partial charge in [-0.1, -0.05) is 18.2 Å². The first kappa shape index (κ1) is 13.4. The van der Waals surface area contributed by atoms with E-state index < -0.39 is 0 Å². The Morgan fingerprint density at radius 3 is 2.43 bits per heavy atom. The van der Waals surface area contributed by atoms with E-state index in [-0.39, 0.29) is 0 Å². The van der Waals surface area contributed by atoms with E-state index in [2.05, 4.69) is 57.9 Å². The van der Waals surface area contributed by atoms with E-state index in [1.807, 2.05) is 0 Å². The van der Waals surface area contributed by atoms with E-state index in [9.17, 15) is 0 Å². The molecule has 0 N–H and O–H groups in total. The average Bonchev–Trinajstić information content (AvgIpc) is 3.14. The van der Waals surface area contributed by atoms with Gasteiger partial charge in [-0.05, 0) is 50.4 Å². The maximum absolute atomic E-state index is 2.73. The van der Waals surface area contributed by atoms with Gasteiger partial charge < -0.3 is 9.47 Å². The van der Waals surface area contributed by atoms with Gasteiger partial charge in [0.2, 0.25) is 0 Å². The first-order chi connectivity index (χ1) is 10.3. The Labute approximate surface area is 127 Å². The molecule has 112 valence electrons. The summed E-state index contributed by atoms with van der Waals surface area (Å²) in [4.78, 5) is 5.20. The summed E-state index contributed by atoms with van der Waals surface area (Å²) >= 11 is 0. The molecule has 1 unspecified atom stereocenters. The van der Waals surface area contributed by atoms with Crippen LogP contribution in [-0.4, -0.2) is 53.6 Å². The maximum Gasteiger partial charge on any atom is 0.0482 e. The molecule has 0 aliphatic carbocycles. The molecule has 4 rings (SSSR count). The number of para-hydroxylation sites is 1. The Kier molecular flexibility index (Phi) is 3.48. The third kappa shape index (κ3) is 2.49. The average molecular weight is 283 g/mol. The fraction of sp³-hybridized carbons (Fsp3) is 0.556. The molecular formula is C18H25N3. The van der Waals surface area contributed by atoms with Gasteiger partial charge in [0.05, 0.1) is 0 Å². The molecule has 3 heteroatoms. The number of benzene rings is 1. The van der Waals surface area contributed by atoms with Crippen LogP contribution in [0.1, 0.15) is 25.3 Å². The highest BCUT2D eigenvalue weighted by molar-refractivity contribution is 5.80. The molecule has 1 aromatic heterocycles. The Hall–Kier alpha value is -1.32. The Morgan fingerprint density at radius 2 is 1.67 bits per heavy atom. The number of piperidine rings is 1. The second-order valence-corrected chi connectivity index (χ2v) is 6.75. The first-order valence-corrected chi connectivity index (χ1v) is 8.29. The molecule has 0 radical (unpaired) electrons. The normalized spacial score (nSPS) is 25.9. The highest BCUT2D eigenvalue weighted by atomic mass is 15.2. The number of nitrogens with zero attached hydrogens (tertiary/aromatic N) is 3. The second-order valence-electron chi connectivity index (χ2n) is 6.75. The predicted octanol–water partition coefficient (Wildman–Crippen LogP) is 2.98. The van der Waals surface area contributed by atoms with Crippen molar-refractivity contribution in [3.8, 4) is 0 Å². The number of hydrogen-bond donors (Lipinski definition) is 0. The molecule has 0 spiro atoms. The van der Waals surface area contributed by atoms with Crippen molar-refractivity contribution in [3.05, 3.63) is 36.5 Å². The van der Waals surface area contributed by atoms with Gasteiger partial charge in [0.1, 0.15) is 0 Å². The van der Waals surface area contributed by atoms with Crippen LogP contribution < -0.4 is 0 Å². The van der Waals surface area contributed by atoms with Crippen LogP contribution in [0, 0.1) is 0 Å². The molecule has 2 aliphatic heterocycles. The maximum atomic E-state index is 2.73. The molecular weight excluding hydrogens is 258 g/mol. The number of hydrogen-bond acceptors (Lipinski definition) is 2. The van der Waals surface area contributed by atoms with E-state index in [1.54, 1.807) is 0 Å². The van der Waals surface area contributed by atoms with E-state index in [0.717, 1.165) is 6.04 Å². The van der Waals surface area contributed by atoms with Crippen molar-refractivity contribution in [2.75, 3.05) is 33.2 Å². The van der Waals surface area contributed by atoms with E-state index in [1.165, 1.54) is 56.3 Å². The van der Waals surface area contributed by atoms with Crippen molar-refractivity contribution in [1.29, 1.82) is 0 Å². The van der Waals surface area contributed by atoms with Crippen LogP contribution in [0.5, 0.6) is 0 Å². The molecule has 21 heavy (non-hydrogen) atoms. The predicted molar refractivity (Wildman–Crippen MR) is 87.7 cm³/mol. The van der Waals surface area contributed by atoms with Crippen molar-refractivity contribution in [2.45, 2.75) is 31.3 Å². The topological polar surface area (TPSA) is 11.4 Å². The zero-order valence-corrected chi connectivity index (χ0v) is 12.9. The molecule has 0 amide bonds. The summed E-state index contributed by atoms with van der Waals surface area (Å²) in [5.74, 6) is 0. The lowest BCUT2D eigenvalue weighted by Crippen LogP contribution is -2.42. The molecule has 2 fully saturated rings. The summed E-state index contributed by atoms with van der Waals surface area (Å²) in [5, 5.41) is 1.37. The standard InChI is InChI=1S/C18H25N3/c1-19-10-7-17(14-19)20-11-8-16(9-12-20)21-13-6-15-4-2-3-5-18(15)21/h2-6,13,16-17H,7-12,14H2,1H3. The highest BCUT2D eigenvalue weighted by Crippen LogP contribution is 2.29. The third-order valence-electron chi connectivity index (χ3n) is 5.40. The zero-order chi connectivity index (χ0) is 14.2. The first-order valence-electron chi connectivity index (χ1n) is 8.29. The Bertz CT molecular complexity index is 610. The van der Waals surface area contributed by atoms with Crippen LogP contribution in [-0.2, 0) is 0 Å². The minimum atomic E-state index is 0.681. The van der Waals surface area contributed by atoms with Gasteiger partial charge in [-0.3, -0.25) is 4.90 Å². The molecule has 1 aromatic carbocycles. The lowest BCUT2D eigenvalue weighted by molar-refractivity contribution is 0.139. The smallest absolute Gasteiger partial charge is 0.0482 e. The molecule has 2 aliphatic rings. The number of rotatable bonds is 2. The van der Waals surface area contributed by atoms with Crippen molar-refractivity contribution in [2.24, 2.45) is 0 Å². The third-order valence-corrected chi connectivity index (χ3v) is 5.40. The summed E-state index contributed by atoms with van der Waals surface area (Å²) in [6.45, 7) is 5.05. The molecule has 2 aromatic rings. The van der Waals surface area contributed by atoms with Gasteiger partial charge >= 0.3 is 0 Å². The van der Waals surface area contributed by atoms with E-state index in [0.29, 0.717) is 6.04 Å². The van der Waals surface area contributed by atoms with Gasteiger partial charge in [0.15, 0.2) is 0 Å². The van der Waals surface area contributed by atoms with Crippen LogP contribution in [0.15, 0.2) is 36.5 Å². The van der Waals surface area contributed by atoms with E-state index >= 15 is 0 Å². The molecule has 3 nitrogen and oxygen atoms in total. The zero-order valence-electron chi connectivity index (χ0n) is 12.9. The molecule has 3 heterocycles. The SMILES string of the molecule is CN1CCC(N2CCC(n3ccc4ccccc43)CC2)C1. The van der Waals surface area contributed by atoms with Crippen molar-refractivity contribution < 1.29 is 0 Å². The summed E-state index contributed by atoms with van der Waals surface area (Å²) in [5.41, 5.74) is 1.40. The fourth-order valence-corrected chi connectivity index (χ4v) is 4.16. The van der Waals surface area contributed by atoms with Gasteiger partial charge in [-0.2, -0.15) is 0 Å². The van der Waals surface area contributed by atoms with Crippen LogP contribution in [0.3, 0.4) is 0 Å². The number of fused-ring (bicyclic) bond motifs is 1. The van der Waals surface area contributed by atoms with Crippen LogP contribution in [0.25, 0.3) is 10.9 Å². The van der Waals surface area contributed by atoms with Gasteiger partial charge in [-0.15, -0.1) is 0 Å². The molecule has 1 atom stereocenters. The van der Waals surface area contributed by atoms with Gasteiger partial charge in [0.25, 0.3) is 0 Å². The number of aromatic nitrogens is 1. The Balaban J connectivity index is 1.45. The molecule has 0 bridgehead atoms. The van der Waals surface area contributed by atoms with Crippen LogP contribution in [0.2, 0.25) is 0 Å². The van der Waals surface area contributed by atoms with Crippen LogP contribution >= 0.6 is 0 Å². The highest BCUT2D eigenvalue weighted by Gasteiger charge is 2.29. The minimum absolute atomic E-state index is 0.681. The minimum Gasteiger partial charge on any atom is -0.344 e. The van der Waals surface area contributed by atoms with Crippen LogP contribution in [0.4, 0.5) is 0 Å². The van der Waals surface area contributed by atoms with Gasteiger partial charge in [0, 0.05) is 43.4 Å².